The third-order valence-electron chi connectivity index (χ3n) is 2.58. The lowest BCUT2D eigenvalue weighted by Gasteiger charge is -2.04. The molecular weight excluding hydrogens is 184 g/mol. The Labute approximate surface area is 92.5 Å². The minimum absolute atomic E-state index is 0.318. The molecule has 0 bridgehead atoms. The van der Waals surface area contributed by atoms with Crippen LogP contribution in [0.15, 0.2) is 43.0 Å². The Hall–Kier alpha value is -1.08. The van der Waals surface area contributed by atoms with E-state index < -0.39 is 0 Å². The van der Waals surface area contributed by atoms with Crippen LogP contribution in [0.4, 0.5) is 0 Å². The van der Waals surface area contributed by atoms with Crippen molar-refractivity contribution >= 4 is 0 Å². The third kappa shape index (κ3) is 5.38. The minimum atomic E-state index is -0.318. The Morgan fingerprint density at radius 1 is 1.13 bits per heavy atom. The lowest BCUT2D eigenvalue weighted by Crippen LogP contribution is -2.00. The van der Waals surface area contributed by atoms with Crippen LogP contribution in [-0.2, 0) is 6.42 Å². The van der Waals surface area contributed by atoms with Crippen molar-refractivity contribution in [1.82, 2.24) is 0 Å². The molecule has 0 heterocycles. The molecule has 0 spiro atoms. The molecule has 1 nitrogen and oxygen atoms in total. The first-order valence-electron chi connectivity index (χ1n) is 5.67. The van der Waals surface area contributed by atoms with E-state index in [1.165, 1.54) is 18.4 Å². The summed E-state index contributed by atoms with van der Waals surface area (Å²) in [6.45, 7) is 3.56. The summed E-state index contributed by atoms with van der Waals surface area (Å²) >= 11 is 0. The second kappa shape index (κ2) is 7.24. The topological polar surface area (TPSA) is 20.2 Å². The van der Waals surface area contributed by atoms with E-state index in [0.717, 1.165) is 19.3 Å². The average Bonchev–Trinajstić information content (AvgIpc) is 2.29. The molecule has 0 radical (unpaired) electrons. The zero-order chi connectivity index (χ0) is 10.9. The van der Waals surface area contributed by atoms with Crippen LogP contribution in [0, 0.1) is 0 Å². The van der Waals surface area contributed by atoms with Crippen molar-refractivity contribution < 1.29 is 5.11 Å². The number of hydrogen-bond donors (Lipinski definition) is 1. The van der Waals surface area contributed by atoms with Crippen molar-refractivity contribution in [2.45, 2.75) is 38.2 Å². The molecule has 1 heteroatoms. The molecule has 1 unspecified atom stereocenters. The highest BCUT2D eigenvalue weighted by Gasteiger charge is 1.97. The normalized spacial score (nSPS) is 12.3. The summed E-state index contributed by atoms with van der Waals surface area (Å²) in [5, 5.41) is 9.26. The molecule has 1 rings (SSSR count). The van der Waals surface area contributed by atoms with Crippen LogP contribution >= 0.6 is 0 Å². The van der Waals surface area contributed by atoms with Gasteiger partial charge in [0, 0.05) is 0 Å². The van der Waals surface area contributed by atoms with Gasteiger partial charge in [-0.15, -0.1) is 6.58 Å². The van der Waals surface area contributed by atoms with Crippen molar-refractivity contribution in [2.24, 2.45) is 0 Å². The molecule has 0 aliphatic rings. The van der Waals surface area contributed by atoms with E-state index in [-0.39, 0.29) is 6.10 Å². The lowest BCUT2D eigenvalue weighted by atomic mass is 10.0. The predicted octanol–water partition coefficient (Wildman–Crippen LogP) is 3.34. The van der Waals surface area contributed by atoms with E-state index in [4.69, 9.17) is 0 Å². The van der Waals surface area contributed by atoms with E-state index >= 15 is 0 Å². The van der Waals surface area contributed by atoms with Gasteiger partial charge in [-0.3, -0.25) is 0 Å². The van der Waals surface area contributed by atoms with Gasteiger partial charge in [0.05, 0.1) is 6.10 Å². The van der Waals surface area contributed by atoms with Crippen molar-refractivity contribution in [3.8, 4) is 0 Å². The summed E-state index contributed by atoms with van der Waals surface area (Å²) in [7, 11) is 0. The zero-order valence-electron chi connectivity index (χ0n) is 9.23. The largest absolute Gasteiger partial charge is 0.389 e. The molecule has 0 fully saturated rings. The molecule has 0 aliphatic carbocycles. The molecule has 0 amide bonds. The first kappa shape index (κ1) is 12.0. The van der Waals surface area contributed by atoms with Gasteiger partial charge < -0.3 is 5.11 Å². The van der Waals surface area contributed by atoms with E-state index in [1.807, 2.05) is 6.07 Å². The second-order valence-electron chi connectivity index (χ2n) is 3.89. The van der Waals surface area contributed by atoms with Gasteiger partial charge in [0.2, 0.25) is 0 Å². The number of benzene rings is 1. The number of aliphatic hydroxyl groups is 1. The summed E-state index contributed by atoms with van der Waals surface area (Å²) in [5.74, 6) is 0. The van der Waals surface area contributed by atoms with E-state index in [1.54, 1.807) is 6.08 Å². The maximum Gasteiger partial charge on any atom is 0.0718 e. The Bertz CT molecular complexity index is 266. The van der Waals surface area contributed by atoms with Crippen LogP contribution in [0.5, 0.6) is 0 Å². The van der Waals surface area contributed by atoms with Crippen molar-refractivity contribution in [2.75, 3.05) is 0 Å². The van der Waals surface area contributed by atoms with Gasteiger partial charge in [-0.1, -0.05) is 49.2 Å². The smallest absolute Gasteiger partial charge is 0.0718 e. The van der Waals surface area contributed by atoms with Crippen LogP contribution in [0.1, 0.15) is 31.2 Å². The molecule has 82 valence electrons. The van der Waals surface area contributed by atoms with Crippen molar-refractivity contribution in [3.05, 3.63) is 48.6 Å². The number of hydrogen-bond acceptors (Lipinski definition) is 1. The van der Waals surface area contributed by atoms with Crippen molar-refractivity contribution in [3.63, 3.8) is 0 Å². The number of aliphatic hydroxyl groups excluding tert-OH is 1. The van der Waals surface area contributed by atoms with Crippen LogP contribution in [0.3, 0.4) is 0 Å². The van der Waals surface area contributed by atoms with Crippen LogP contribution in [0.2, 0.25) is 0 Å². The van der Waals surface area contributed by atoms with Crippen LogP contribution in [0.25, 0.3) is 0 Å². The zero-order valence-corrected chi connectivity index (χ0v) is 9.23. The van der Waals surface area contributed by atoms with Gasteiger partial charge in [-0.05, 0) is 24.8 Å². The highest BCUT2D eigenvalue weighted by molar-refractivity contribution is 5.14. The average molecular weight is 204 g/mol. The van der Waals surface area contributed by atoms with Gasteiger partial charge >= 0.3 is 0 Å². The van der Waals surface area contributed by atoms with Gasteiger partial charge in [0.15, 0.2) is 0 Å². The Balaban J connectivity index is 2.05. The number of aryl methyl sites for hydroxylation is 1. The number of rotatable bonds is 7. The van der Waals surface area contributed by atoms with E-state index in [2.05, 4.69) is 30.8 Å². The van der Waals surface area contributed by atoms with Gasteiger partial charge in [0.1, 0.15) is 0 Å². The Morgan fingerprint density at radius 2 is 1.87 bits per heavy atom. The molecule has 0 aromatic heterocycles. The third-order valence-corrected chi connectivity index (χ3v) is 2.58. The van der Waals surface area contributed by atoms with E-state index in [0.29, 0.717) is 0 Å². The predicted molar refractivity (Wildman–Crippen MR) is 64.8 cm³/mol. The minimum Gasteiger partial charge on any atom is -0.389 e. The molecular formula is C14H20O. The van der Waals surface area contributed by atoms with Crippen LogP contribution < -0.4 is 0 Å². The van der Waals surface area contributed by atoms with Crippen LogP contribution in [-0.4, -0.2) is 11.2 Å². The quantitative estimate of drug-likeness (QED) is 0.533. The van der Waals surface area contributed by atoms with Gasteiger partial charge in [0.25, 0.3) is 0 Å². The van der Waals surface area contributed by atoms with E-state index in [9.17, 15) is 5.11 Å². The Morgan fingerprint density at radius 3 is 2.53 bits per heavy atom. The fourth-order valence-electron chi connectivity index (χ4n) is 1.62. The monoisotopic (exact) mass is 204 g/mol. The highest BCUT2D eigenvalue weighted by Crippen LogP contribution is 2.09. The van der Waals surface area contributed by atoms with Gasteiger partial charge in [-0.25, -0.2) is 0 Å². The Kier molecular flexibility index (Phi) is 5.79. The molecule has 1 atom stereocenters. The first-order chi connectivity index (χ1) is 7.33. The second-order valence-corrected chi connectivity index (χ2v) is 3.89. The number of unbranched alkanes of at least 4 members (excludes halogenated alkanes) is 2. The SMILES string of the molecule is C=CC(O)CCCCCc1ccccc1. The highest BCUT2D eigenvalue weighted by atomic mass is 16.3. The molecule has 0 aliphatic heterocycles. The summed E-state index contributed by atoms with van der Waals surface area (Å²) < 4.78 is 0. The molecule has 1 aromatic carbocycles. The lowest BCUT2D eigenvalue weighted by molar-refractivity contribution is 0.208. The fraction of sp³-hybridized carbons (Fsp3) is 0.429. The fourth-order valence-corrected chi connectivity index (χ4v) is 1.62. The molecule has 15 heavy (non-hydrogen) atoms. The molecule has 0 saturated carbocycles. The molecule has 0 saturated heterocycles. The standard InChI is InChI=1S/C14H20O/c1-2-14(15)12-8-4-7-11-13-9-5-3-6-10-13/h2-3,5-6,9-10,14-15H,1,4,7-8,11-12H2. The van der Waals surface area contributed by atoms with Crippen molar-refractivity contribution in [1.29, 1.82) is 0 Å². The first-order valence-corrected chi connectivity index (χ1v) is 5.67. The summed E-state index contributed by atoms with van der Waals surface area (Å²) in [5.41, 5.74) is 1.40. The summed E-state index contributed by atoms with van der Waals surface area (Å²) in [6, 6.07) is 10.5. The summed E-state index contributed by atoms with van der Waals surface area (Å²) in [4.78, 5) is 0. The molecule has 1 N–H and O–H groups in total. The summed E-state index contributed by atoms with van der Waals surface area (Å²) in [6.07, 6.45) is 6.75. The molecule has 1 aromatic rings. The van der Waals surface area contributed by atoms with Gasteiger partial charge in [-0.2, -0.15) is 0 Å². The maximum atomic E-state index is 9.26. The maximum absolute atomic E-state index is 9.26.